The van der Waals surface area contributed by atoms with Crippen molar-refractivity contribution in [2.45, 2.75) is 6.54 Å². The molecule has 0 atom stereocenters. The molecule has 0 spiro atoms. The number of rotatable bonds is 4. The molecule has 7 heteroatoms. The van der Waals surface area contributed by atoms with Gasteiger partial charge in [0.25, 0.3) is 11.7 Å². The lowest BCUT2D eigenvalue weighted by Crippen LogP contribution is -1.99. The van der Waals surface area contributed by atoms with E-state index in [-0.39, 0.29) is 17.2 Å². The second-order valence-corrected chi connectivity index (χ2v) is 4.82. The quantitative estimate of drug-likeness (QED) is 0.582. The Balaban J connectivity index is 1.85. The third-order valence-corrected chi connectivity index (χ3v) is 3.16. The van der Waals surface area contributed by atoms with Gasteiger partial charge in [0.1, 0.15) is 0 Å². The lowest BCUT2D eigenvalue weighted by atomic mass is 10.2. The highest BCUT2D eigenvalue weighted by molar-refractivity contribution is 6.30. The van der Waals surface area contributed by atoms with Crippen molar-refractivity contribution in [1.29, 1.82) is 0 Å². The second-order valence-electron chi connectivity index (χ2n) is 4.38. The summed E-state index contributed by atoms with van der Waals surface area (Å²) in [6.45, 7) is 0.460. The largest absolute Gasteiger partial charge is 0.423 e. The van der Waals surface area contributed by atoms with Crippen molar-refractivity contribution >= 4 is 34.4 Å². The molecule has 0 saturated heterocycles. The first kappa shape index (κ1) is 13.4. The van der Waals surface area contributed by atoms with Crippen LogP contribution in [0.2, 0.25) is 5.02 Å². The zero-order valence-electron chi connectivity index (χ0n) is 10.7. The first-order valence-corrected chi connectivity index (χ1v) is 6.53. The number of nitro benzene ring substituents is 1. The highest BCUT2D eigenvalue weighted by Gasteiger charge is 2.17. The number of oxazole rings is 1. The molecule has 0 bridgehead atoms. The van der Waals surface area contributed by atoms with E-state index < -0.39 is 4.92 Å². The third kappa shape index (κ3) is 2.80. The Hall–Kier alpha value is -2.60. The standard InChI is InChI=1S/C14H10ClN3O3/c15-10-4-1-3-9(7-10)8-16-14-17-13-11(18(19)20)5-2-6-12(13)21-14/h1-7H,8H2,(H,16,17). The molecule has 1 heterocycles. The maximum atomic E-state index is 10.9. The average molecular weight is 304 g/mol. The molecule has 1 aromatic heterocycles. The second kappa shape index (κ2) is 5.41. The number of non-ortho nitro benzene ring substituents is 1. The number of para-hydroxylation sites is 1. The normalized spacial score (nSPS) is 10.7. The van der Waals surface area contributed by atoms with Crippen LogP contribution in [0, 0.1) is 10.1 Å². The van der Waals surface area contributed by atoms with Crippen molar-refractivity contribution in [3.8, 4) is 0 Å². The Bertz CT molecular complexity index is 816. The number of nitrogens with one attached hydrogen (secondary N) is 1. The van der Waals surface area contributed by atoms with Crippen LogP contribution in [-0.2, 0) is 6.54 Å². The van der Waals surface area contributed by atoms with E-state index in [1.54, 1.807) is 18.2 Å². The lowest BCUT2D eigenvalue weighted by Gasteiger charge is -2.01. The molecular formula is C14H10ClN3O3. The van der Waals surface area contributed by atoms with E-state index in [4.69, 9.17) is 16.0 Å². The summed E-state index contributed by atoms with van der Waals surface area (Å²) in [6, 6.07) is 12.2. The van der Waals surface area contributed by atoms with Crippen molar-refractivity contribution in [3.05, 3.63) is 63.2 Å². The summed E-state index contributed by atoms with van der Waals surface area (Å²) in [6.07, 6.45) is 0. The minimum absolute atomic E-state index is 0.0768. The molecule has 0 unspecified atom stereocenters. The van der Waals surface area contributed by atoms with E-state index in [1.165, 1.54) is 6.07 Å². The first-order valence-electron chi connectivity index (χ1n) is 6.16. The van der Waals surface area contributed by atoms with Crippen molar-refractivity contribution in [3.63, 3.8) is 0 Å². The molecule has 21 heavy (non-hydrogen) atoms. The number of fused-ring (bicyclic) bond motifs is 1. The Kier molecular flexibility index (Phi) is 3.45. The van der Waals surface area contributed by atoms with Gasteiger partial charge < -0.3 is 9.73 Å². The molecule has 6 nitrogen and oxygen atoms in total. The van der Waals surface area contributed by atoms with Crippen molar-refractivity contribution < 1.29 is 9.34 Å². The molecule has 0 saturated carbocycles. The molecule has 3 aromatic rings. The van der Waals surface area contributed by atoms with Crippen LogP contribution in [0.15, 0.2) is 46.9 Å². The smallest absolute Gasteiger partial charge is 0.298 e. The maximum absolute atomic E-state index is 10.9. The van der Waals surface area contributed by atoms with Crippen molar-refractivity contribution in [1.82, 2.24) is 4.98 Å². The summed E-state index contributed by atoms with van der Waals surface area (Å²) in [7, 11) is 0. The summed E-state index contributed by atoms with van der Waals surface area (Å²) < 4.78 is 5.45. The van der Waals surface area contributed by atoms with Gasteiger partial charge in [-0.2, -0.15) is 4.98 Å². The molecule has 0 aliphatic heterocycles. The van der Waals surface area contributed by atoms with Gasteiger partial charge in [-0.05, 0) is 23.8 Å². The van der Waals surface area contributed by atoms with Crippen LogP contribution in [0.25, 0.3) is 11.1 Å². The molecule has 0 amide bonds. The zero-order valence-corrected chi connectivity index (χ0v) is 11.5. The van der Waals surface area contributed by atoms with E-state index in [1.807, 2.05) is 18.2 Å². The molecule has 1 N–H and O–H groups in total. The van der Waals surface area contributed by atoms with Gasteiger partial charge in [0.05, 0.1) is 4.92 Å². The van der Waals surface area contributed by atoms with Gasteiger partial charge in [0.2, 0.25) is 0 Å². The summed E-state index contributed by atoms with van der Waals surface area (Å²) in [5.41, 5.74) is 1.49. The van der Waals surface area contributed by atoms with Crippen LogP contribution >= 0.6 is 11.6 Å². The Morgan fingerprint density at radius 2 is 2.10 bits per heavy atom. The number of hydrogen-bond donors (Lipinski definition) is 1. The zero-order chi connectivity index (χ0) is 14.8. The van der Waals surface area contributed by atoms with Crippen LogP contribution in [0.4, 0.5) is 11.7 Å². The minimum Gasteiger partial charge on any atom is -0.423 e. The summed E-state index contributed by atoms with van der Waals surface area (Å²) >= 11 is 5.90. The molecule has 0 radical (unpaired) electrons. The van der Waals surface area contributed by atoms with Crippen LogP contribution in [-0.4, -0.2) is 9.91 Å². The van der Waals surface area contributed by atoms with E-state index >= 15 is 0 Å². The SMILES string of the molecule is O=[N+]([O-])c1cccc2oc(NCc3cccc(Cl)c3)nc12. The average Bonchev–Trinajstić information content (AvgIpc) is 2.87. The minimum atomic E-state index is -0.481. The van der Waals surface area contributed by atoms with E-state index in [2.05, 4.69) is 10.3 Å². The number of anilines is 1. The highest BCUT2D eigenvalue weighted by Crippen LogP contribution is 2.27. The fourth-order valence-corrected chi connectivity index (χ4v) is 2.19. The molecule has 3 rings (SSSR count). The molecule has 0 aliphatic carbocycles. The predicted octanol–water partition coefficient (Wildman–Crippen LogP) is 4.00. The van der Waals surface area contributed by atoms with Crippen molar-refractivity contribution in [2.24, 2.45) is 0 Å². The topological polar surface area (TPSA) is 81.2 Å². The van der Waals surface area contributed by atoms with E-state index in [9.17, 15) is 10.1 Å². The van der Waals surface area contributed by atoms with Crippen LogP contribution < -0.4 is 5.32 Å². The third-order valence-electron chi connectivity index (χ3n) is 2.93. The maximum Gasteiger partial charge on any atom is 0.298 e. The van der Waals surface area contributed by atoms with Gasteiger partial charge >= 0.3 is 0 Å². The fourth-order valence-electron chi connectivity index (χ4n) is 1.98. The van der Waals surface area contributed by atoms with Crippen LogP contribution in [0.3, 0.4) is 0 Å². The predicted molar refractivity (Wildman–Crippen MR) is 79.4 cm³/mol. The van der Waals surface area contributed by atoms with E-state index in [0.717, 1.165) is 5.56 Å². The summed E-state index contributed by atoms with van der Waals surface area (Å²) in [5, 5.41) is 14.6. The molecular weight excluding hydrogens is 294 g/mol. The number of nitrogens with zero attached hydrogens (tertiary/aromatic N) is 2. The Labute approximate surface area is 124 Å². The van der Waals surface area contributed by atoms with Crippen LogP contribution in [0.5, 0.6) is 0 Å². The molecule has 106 valence electrons. The van der Waals surface area contributed by atoms with Gasteiger partial charge in [0, 0.05) is 17.6 Å². The fraction of sp³-hybridized carbons (Fsp3) is 0.0714. The monoisotopic (exact) mass is 303 g/mol. The number of hydrogen-bond acceptors (Lipinski definition) is 5. The van der Waals surface area contributed by atoms with Gasteiger partial charge in [-0.25, -0.2) is 0 Å². The number of aromatic nitrogens is 1. The van der Waals surface area contributed by atoms with Crippen LogP contribution in [0.1, 0.15) is 5.56 Å². The Morgan fingerprint density at radius 1 is 1.29 bits per heavy atom. The van der Waals surface area contributed by atoms with Gasteiger partial charge in [-0.1, -0.05) is 29.8 Å². The van der Waals surface area contributed by atoms with Gasteiger partial charge in [-0.15, -0.1) is 0 Å². The van der Waals surface area contributed by atoms with E-state index in [0.29, 0.717) is 17.2 Å². The summed E-state index contributed by atoms with van der Waals surface area (Å²) in [5.74, 6) is 0. The Morgan fingerprint density at radius 3 is 2.86 bits per heavy atom. The molecule has 0 fully saturated rings. The van der Waals surface area contributed by atoms with Crippen molar-refractivity contribution in [2.75, 3.05) is 5.32 Å². The number of nitro groups is 1. The van der Waals surface area contributed by atoms with Gasteiger partial charge in [-0.3, -0.25) is 10.1 Å². The number of halogens is 1. The molecule has 2 aromatic carbocycles. The number of benzene rings is 2. The lowest BCUT2D eigenvalue weighted by molar-refractivity contribution is -0.383. The van der Waals surface area contributed by atoms with Gasteiger partial charge in [0.15, 0.2) is 11.1 Å². The highest BCUT2D eigenvalue weighted by atomic mass is 35.5. The summed E-state index contributed by atoms with van der Waals surface area (Å²) in [4.78, 5) is 14.6. The first-order chi connectivity index (χ1) is 10.1. The molecule has 0 aliphatic rings.